The van der Waals surface area contributed by atoms with Crippen LogP contribution in [-0.2, 0) is 4.74 Å². The molecule has 5 heteroatoms. The average Bonchev–Trinajstić information content (AvgIpc) is 3.02. The summed E-state index contributed by atoms with van der Waals surface area (Å²) in [7, 11) is 0. The number of hydrogen-bond donors (Lipinski definition) is 0. The van der Waals surface area contributed by atoms with Gasteiger partial charge in [0.05, 0.1) is 5.56 Å². The molecule has 1 aliphatic rings. The van der Waals surface area contributed by atoms with Crippen LogP contribution in [0, 0.1) is 0 Å². The third kappa shape index (κ3) is 3.51. The number of carbonyl (C=O) groups is 1. The normalized spacial score (nSPS) is 13.2. The Kier molecular flexibility index (Phi) is 4.42. The lowest BCUT2D eigenvalue weighted by molar-refractivity contribution is -0.0372. The van der Waals surface area contributed by atoms with Gasteiger partial charge in [0.1, 0.15) is 5.75 Å². The van der Waals surface area contributed by atoms with Crippen molar-refractivity contribution in [3.05, 3.63) is 60.2 Å². The van der Waals surface area contributed by atoms with Crippen molar-refractivity contribution in [1.82, 2.24) is 0 Å². The van der Waals surface area contributed by atoms with Crippen LogP contribution in [0.25, 0.3) is 5.57 Å². The molecule has 0 N–H and O–H groups in total. The summed E-state index contributed by atoms with van der Waals surface area (Å²) in [6.07, 6.45) is -0.737. The highest BCUT2D eigenvalue weighted by Gasteiger charge is 2.17. The maximum atomic E-state index is 12.1. The van der Waals surface area contributed by atoms with E-state index in [0.717, 1.165) is 11.1 Å². The quantitative estimate of drug-likeness (QED) is 0.613. The van der Waals surface area contributed by atoms with E-state index in [2.05, 4.69) is 6.58 Å². The second-order valence-electron chi connectivity index (χ2n) is 5.46. The van der Waals surface area contributed by atoms with Gasteiger partial charge in [-0.25, -0.2) is 4.79 Å². The minimum atomic E-state index is -0.737. The fourth-order valence-electron chi connectivity index (χ4n) is 2.28. The predicted octanol–water partition coefficient (Wildman–Crippen LogP) is 4.03. The number of esters is 1. The van der Waals surface area contributed by atoms with Crippen LogP contribution >= 0.6 is 0 Å². The highest BCUT2D eigenvalue weighted by molar-refractivity contribution is 5.89. The Morgan fingerprint density at radius 1 is 1.08 bits per heavy atom. The number of ether oxygens (including phenoxy) is 4. The maximum Gasteiger partial charge on any atom is 0.341 e. The molecule has 124 valence electrons. The summed E-state index contributed by atoms with van der Waals surface area (Å²) in [5.41, 5.74) is 2.38. The molecule has 0 bridgehead atoms. The standard InChI is InChI=1S/C19H18O5/c1-12(2)14-4-6-15(7-5-14)19(20)24-13(3)23-16-8-9-17-18(10-16)22-11-21-17/h4-10,13H,1,11H2,2-3H3. The minimum absolute atomic E-state index is 0.198. The lowest BCUT2D eigenvalue weighted by Crippen LogP contribution is -2.21. The smallest absolute Gasteiger partial charge is 0.341 e. The van der Waals surface area contributed by atoms with E-state index in [1.165, 1.54) is 0 Å². The summed E-state index contributed by atoms with van der Waals surface area (Å²) in [6, 6.07) is 12.3. The van der Waals surface area contributed by atoms with Gasteiger partial charge in [0.2, 0.25) is 13.1 Å². The molecule has 1 unspecified atom stereocenters. The van der Waals surface area contributed by atoms with Crippen molar-refractivity contribution in [2.75, 3.05) is 6.79 Å². The highest BCUT2D eigenvalue weighted by atomic mass is 16.7. The first-order valence-corrected chi connectivity index (χ1v) is 7.56. The molecule has 1 aliphatic heterocycles. The van der Waals surface area contributed by atoms with E-state index >= 15 is 0 Å². The first kappa shape index (κ1) is 15.9. The molecule has 0 aromatic heterocycles. The van der Waals surface area contributed by atoms with Crippen LogP contribution in [0.5, 0.6) is 17.2 Å². The summed E-state index contributed by atoms with van der Waals surface area (Å²) in [5, 5.41) is 0. The monoisotopic (exact) mass is 326 g/mol. The molecule has 0 spiro atoms. The second-order valence-corrected chi connectivity index (χ2v) is 5.46. The number of benzene rings is 2. The second kappa shape index (κ2) is 6.66. The van der Waals surface area contributed by atoms with E-state index in [0.29, 0.717) is 22.8 Å². The SMILES string of the molecule is C=C(C)c1ccc(C(=O)OC(C)Oc2ccc3c(c2)OCO3)cc1. The Balaban J connectivity index is 1.60. The van der Waals surface area contributed by atoms with Crippen molar-refractivity contribution in [1.29, 1.82) is 0 Å². The Morgan fingerprint density at radius 2 is 1.75 bits per heavy atom. The van der Waals surface area contributed by atoms with Crippen LogP contribution in [0.1, 0.15) is 29.8 Å². The molecule has 1 atom stereocenters. The Morgan fingerprint density at radius 3 is 2.46 bits per heavy atom. The van der Waals surface area contributed by atoms with Crippen LogP contribution in [-0.4, -0.2) is 19.1 Å². The fourth-order valence-corrected chi connectivity index (χ4v) is 2.28. The van der Waals surface area contributed by atoms with Gasteiger partial charge in [-0.15, -0.1) is 0 Å². The molecule has 0 radical (unpaired) electrons. The lowest BCUT2D eigenvalue weighted by Gasteiger charge is -2.15. The first-order chi connectivity index (χ1) is 11.5. The molecule has 5 nitrogen and oxygen atoms in total. The van der Waals surface area contributed by atoms with Gasteiger partial charge in [-0.1, -0.05) is 24.3 Å². The topological polar surface area (TPSA) is 54.0 Å². The minimum Gasteiger partial charge on any atom is -0.455 e. The summed E-state index contributed by atoms with van der Waals surface area (Å²) < 4.78 is 21.4. The van der Waals surface area contributed by atoms with E-state index in [1.807, 2.05) is 19.1 Å². The molecule has 0 aliphatic carbocycles. The van der Waals surface area contributed by atoms with Crippen molar-refractivity contribution < 1.29 is 23.7 Å². The third-order valence-electron chi connectivity index (χ3n) is 3.53. The molecule has 1 heterocycles. The van der Waals surface area contributed by atoms with Crippen molar-refractivity contribution in [3.8, 4) is 17.2 Å². The van der Waals surface area contributed by atoms with Crippen molar-refractivity contribution in [2.24, 2.45) is 0 Å². The number of rotatable bonds is 5. The summed E-state index contributed by atoms with van der Waals surface area (Å²) in [5.74, 6) is 1.37. The molecule has 0 amide bonds. The zero-order valence-corrected chi connectivity index (χ0v) is 13.6. The molecule has 0 saturated heterocycles. The molecule has 2 aromatic carbocycles. The molecule has 24 heavy (non-hydrogen) atoms. The van der Waals surface area contributed by atoms with Crippen LogP contribution < -0.4 is 14.2 Å². The zero-order chi connectivity index (χ0) is 17.1. The van der Waals surface area contributed by atoms with E-state index in [-0.39, 0.29) is 6.79 Å². The summed E-state index contributed by atoms with van der Waals surface area (Å²) in [6.45, 7) is 7.63. The van der Waals surface area contributed by atoms with Gasteiger partial charge in [-0.2, -0.15) is 0 Å². The first-order valence-electron chi connectivity index (χ1n) is 7.56. The van der Waals surface area contributed by atoms with Crippen LogP contribution in [0.15, 0.2) is 49.0 Å². The van der Waals surface area contributed by atoms with Gasteiger partial charge in [-0.05, 0) is 36.8 Å². The van der Waals surface area contributed by atoms with Crippen molar-refractivity contribution in [3.63, 3.8) is 0 Å². The van der Waals surface area contributed by atoms with Gasteiger partial charge in [-0.3, -0.25) is 0 Å². The van der Waals surface area contributed by atoms with Gasteiger partial charge >= 0.3 is 5.97 Å². The van der Waals surface area contributed by atoms with Gasteiger partial charge < -0.3 is 18.9 Å². The molecule has 2 aromatic rings. The number of carbonyl (C=O) groups excluding carboxylic acids is 1. The highest BCUT2D eigenvalue weighted by Crippen LogP contribution is 2.35. The van der Waals surface area contributed by atoms with Gasteiger partial charge in [0.25, 0.3) is 0 Å². The van der Waals surface area contributed by atoms with Gasteiger partial charge in [0, 0.05) is 13.0 Å². The third-order valence-corrected chi connectivity index (χ3v) is 3.53. The largest absolute Gasteiger partial charge is 0.455 e. The maximum absolute atomic E-state index is 12.1. The number of hydrogen-bond acceptors (Lipinski definition) is 5. The molecular weight excluding hydrogens is 308 g/mol. The Bertz CT molecular complexity index is 764. The Labute approximate surface area is 140 Å². The van der Waals surface area contributed by atoms with E-state index in [1.54, 1.807) is 37.3 Å². The lowest BCUT2D eigenvalue weighted by atomic mass is 10.1. The number of fused-ring (bicyclic) bond motifs is 1. The number of allylic oxidation sites excluding steroid dienone is 1. The molecular formula is C19H18O5. The summed E-state index contributed by atoms with van der Waals surface area (Å²) >= 11 is 0. The van der Waals surface area contributed by atoms with E-state index in [9.17, 15) is 4.79 Å². The van der Waals surface area contributed by atoms with Crippen molar-refractivity contribution >= 4 is 11.5 Å². The van der Waals surface area contributed by atoms with Crippen molar-refractivity contribution in [2.45, 2.75) is 20.1 Å². The van der Waals surface area contributed by atoms with Gasteiger partial charge in [0.15, 0.2) is 11.5 Å². The Hall–Kier alpha value is -2.95. The molecule has 0 fully saturated rings. The predicted molar refractivity (Wildman–Crippen MR) is 89.2 cm³/mol. The van der Waals surface area contributed by atoms with Crippen LogP contribution in [0.4, 0.5) is 0 Å². The van der Waals surface area contributed by atoms with E-state index in [4.69, 9.17) is 18.9 Å². The fraction of sp³-hybridized carbons (Fsp3) is 0.211. The van der Waals surface area contributed by atoms with E-state index < -0.39 is 12.3 Å². The molecule has 0 saturated carbocycles. The molecule has 3 rings (SSSR count). The summed E-state index contributed by atoms with van der Waals surface area (Å²) in [4.78, 5) is 12.1. The van der Waals surface area contributed by atoms with Crippen LogP contribution in [0.3, 0.4) is 0 Å². The average molecular weight is 326 g/mol. The van der Waals surface area contributed by atoms with Crippen LogP contribution in [0.2, 0.25) is 0 Å². The zero-order valence-electron chi connectivity index (χ0n) is 13.6.